The molecule has 1 aromatic rings. The Morgan fingerprint density at radius 3 is 2.88 bits per heavy atom. The molecular weight excluding hydrogens is 210 g/mol. The van der Waals surface area contributed by atoms with Gasteiger partial charge in [0.25, 0.3) is 0 Å². The third kappa shape index (κ3) is 3.43. The summed E-state index contributed by atoms with van der Waals surface area (Å²) < 4.78 is 0. The first-order valence-electron chi connectivity index (χ1n) is 6.77. The first-order valence-corrected chi connectivity index (χ1v) is 6.77. The molecule has 1 heterocycles. The highest BCUT2D eigenvalue weighted by atomic mass is 15.2. The summed E-state index contributed by atoms with van der Waals surface area (Å²) in [6.07, 6.45) is 5.85. The molecule has 1 N–H and O–H groups in total. The molecule has 1 aromatic heterocycles. The molecule has 1 fully saturated rings. The van der Waals surface area contributed by atoms with Gasteiger partial charge in [-0.3, -0.25) is 4.98 Å². The molecule has 2 rings (SSSR count). The molecule has 0 aromatic carbocycles. The standard InChI is InChI=1S/C14H23N3/c1-3-9-17(13-5-6-13)14-7-8-16-12(10-14)11-15-4-2/h7-8,10,13,15H,3-6,9,11H2,1-2H3. The van der Waals surface area contributed by atoms with Crippen LogP contribution in [0.1, 0.15) is 38.8 Å². The first-order chi connectivity index (χ1) is 8.35. The second-order valence-electron chi connectivity index (χ2n) is 4.71. The quantitative estimate of drug-likeness (QED) is 0.784. The van der Waals surface area contributed by atoms with E-state index in [0.717, 1.165) is 31.4 Å². The monoisotopic (exact) mass is 233 g/mol. The lowest BCUT2D eigenvalue weighted by Gasteiger charge is -2.24. The Balaban J connectivity index is 2.07. The smallest absolute Gasteiger partial charge is 0.0562 e. The fourth-order valence-corrected chi connectivity index (χ4v) is 2.14. The molecule has 0 bridgehead atoms. The van der Waals surface area contributed by atoms with Gasteiger partial charge in [0.1, 0.15) is 0 Å². The molecule has 3 nitrogen and oxygen atoms in total. The predicted octanol–water partition coefficient (Wildman–Crippen LogP) is 2.57. The molecule has 1 aliphatic carbocycles. The van der Waals surface area contributed by atoms with Gasteiger partial charge in [-0.25, -0.2) is 0 Å². The van der Waals surface area contributed by atoms with E-state index in [0.29, 0.717) is 0 Å². The maximum Gasteiger partial charge on any atom is 0.0562 e. The highest BCUT2D eigenvalue weighted by Gasteiger charge is 2.28. The van der Waals surface area contributed by atoms with E-state index < -0.39 is 0 Å². The lowest BCUT2D eigenvalue weighted by molar-refractivity contribution is 0.707. The number of nitrogens with one attached hydrogen (secondary N) is 1. The molecule has 0 radical (unpaired) electrons. The third-order valence-corrected chi connectivity index (χ3v) is 3.14. The SMILES string of the molecule is CCCN(c1ccnc(CNCC)c1)C1CC1. The van der Waals surface area contributed by atoms with Crippen molar-refractivity contribution >= 4 is 5.69 Å². The van der Waals surface area contributed by atoms with Crippen LogP contribution in [0, 0.1) is 0 Å². The van der Waals surface area contributed by atoms with Crippen LogP contribution in [0.4, 0.5) is 5.69 Å². The van der Waals surface area contributed by atoms with Crippen LogP contribution in [0.15, 0.2) is 18.3 Å². The number of nitrogens with zero attached hydrogens (tertiary/aromatic N) is 2. The number of aromatic nitrogens is 1. The summed E-state index contributed by atoms with van der Waals surface area (Å²) in [6, 6.07) is 5.16. The molecule has 3 heteroatoms. The maximum atomic E-state index is 4.41. The van der Waals surface area contributed by atoms with Gasteiger partial charge < -0.3 is 10.2 Å². The van der Waals surface area contributed by atoms with Crippen LogP contribution in [-0.2, 0) is 6.54 Å². The van der Waals surface area contributed by atoms with Gasteiger partial charge in [-0.1, -0.05) is 13.8 Å². The van der Waals surface area contributed by atoms with E-state index in [1.165, 1.54) is 24.9 Å². The summed E-state index contributed by atoms with van der Waals surface area (Å²) in [5.74, 6) is 0. The Morgan fingerprint density at radius 2 is 2.24 bits per heavy atom. The molecule has 1 saturated carbocycles. The van der Waals surface area contributed by atoms with Gasteiger partial charge in [0.15, 0.2) is 0 Å². The van der Waals surface area contributed by atoms with Gasteiger partial charge in [-0.2, -0.15) is 0 Å². The Hall–Kier alpha value is -1.09. The van der Waals surface area contributed by atoms with Crippen LogP contribution >= 0.6 is 0 Å². The summed E-state index contributed by atoms with van der Waals surface area (Å²) in [5, 5.41) is 3.33. The van der Waals surface area contributed by atoms with Crippen molar-refractivity contribution in [3.05, 3.63) is 24.0 Å². The van der Waals surface area contributed by atoms with Crippen LogP contribution in [-0.4, -0.2) is 24.1 Å². The van der Waals surface area contributed by atoms with Gasteiger partial charge in [-0.15, -0.1) is 0 Å². The maximum absolute atomic E-state index is 4.41. The Bertz CT molecular complexity index is 347. The van der Waals surface area contributed by atoms with Crippen molar-refractivity contribution in [1.29, 1.82) is 0 Å². The fourth-order valence-electron chi connectivity index (χ4n) is 2.14. The van der Waals surface area contributed by atoms with Crippen LogP contribution in [0.25, 0.3) is 0 Å². The van der Waals surface area contributed by atoms with E-state index in [1.54, 1.807) is 0 Å². The van der Waals surface area contributed by atoms with Gasteiger partial charge >= 0.3 is 0 Å². The van der Waals surface area contributed by atoms with Crippen LogP contribution in [0.3, 0.4) is 0 Å². The van der Waals surface area contributed by atoms with E-state index >= 15 is 0 Å². The lowest BCUT2D eigenvalue weighted by Crippen LogP contribution is -2.26. The lowest BCUT2D eigenvalue weighted by atomic mass is 10.2. The Morgan fingerprint density at radius 1 is 1.41 bits per heavy atom. The van der Waals surface area contributed by atoms with Gasteiger partial charge in [-0.05, 0) is 37.9 Å². The van der Waals surface area contributed by atoms with Crippen LogP contribution in [0.2, 0.25) is 0 Å². The van der Waals surface area contributed by atoms with Crippen LogP contribution in [0.5, 0.6) is 0 Å². The van der Waals surface area contributed by atoms with Crippen molar-refractivity contribution in [2.45, 2.75) is 45.7 Å². The van der Waals surface area contributed by atoms with E-state index in [2.05, 4.69) is 41.2 Å². The molecule has 1 aliphatic rings. The topological polar surface area (TPSA) is 28.2 Å². The molecule has 0 atom stereocenters. The summed E-state index contributed by atoms with van der Waals surface area (Å²) in [5.41, 5.74) is 2.49. The number of hydrogen-bond acceptors (Lipinski definition) is 3. The van der Waals surface area contributed by atoms with Crippen molar-refractivity contribution in [1.82, 2.24) is 10.3 Å². The van der Waals surface area contributed by atoms with Crippen molar-refractivity contribution in [2.24, 2.45) is 0 Å². The van der Waals surface area contributed by atoms with E-state index in [-0.39, 0.29) is 0 Å². The zero-order valence-electron chi connectivity index (χ0n) is 10.9. The average molecular weight is 233 g/mol. The molecular formula is C14H23N3. The number of hydrogen-bond donors (Lipinski definition) is 1. The van der Waals surface area contributed by atoms with Crippen LogP contribution < -0.4 is 10.2 Å². The molecule has 0 amide bonds. The predicted molar refractivity (Wildman–Crippen MR) is 72.3 cm³/mol. The fraction of sp³-hybridized carbons (Fsp3) is 0.643. The summed E-state index contributed by atoms with van der Waals surface area (Å²) in [4.78, 5) is 6.95. The zero-order chi connectivity index (χ0) is 12.1. The average Bonchev–Trinajstić information content (AvgIpc) is 3.18. The summed E-state index contributed by atoms with van der Waals surface area (Å²) in [6.45, 7) is 7.39. The third-order valence-electron chi connectivity index (χ3n) is 3.14. The van der Waals surface area contributed by atoms with Gasteiger partial charge in [0.05, 0.1) is 5.69 Å². The summed E-state index contributed by atoms with van der Waals surface area (Å²) >= 11 is 0. The zero-order valence-corrected chi connectivity index (χ0v) is 10.9. The van der Waals surface area contributed by atoms with Gasteiger partial charge in [0, 0.05) is 31.0 Å². The highest BCUT2D eigenvalue weighted by Crippen LogP contribution is 2.31. The minimum atomic E-state index is 0.782. The number of rotatable bonds is 7. The molecule has 0 aliphatic heterocycles. The van der Waals surface area contributed by atoms with Crippen molar-refractivity contribution < 1.29 is 0 Å². The summed E-state index contributed by atoms with van der Waals surface area (Å²) in [7, 11) is 0. The largest absolute Gasteiger partial charge is 0.368 e. The minimum absolute atomic E-state index is 0.782. The van der Waals surface area contributed by atoms with E-state index in [9.17, 15) is 0 Å². The first kappa shape index (κ1) is 12.4. The minimum Gasteiger partial charge on any atom is -0.368 e. The second kappa shape index (κ2) is 6.01. The second-order valence-corrected chi connectivity index (χ2v) is 4.71. The number of pyridine rings is 1. The normalized spacial score (nSPS) is 14.9. The van der Waals surface area contributed by atoms with Gasteiger partial charge in [0.2, 0.25) is 0 Å². The molecule has 0 saturated heterocycles. The molecule has 17 heavy (non-hydrogen) atoms. The van der Waals surface area contributed by atoms with Crippen molar-refractivity contribution in [2.75, 3.05) is 18.0 Å². The van der Waals surface area contributed by atoms with E-state index in [1.807, 2.05) is 6.20 Å². The Labute approximate surface area is 104 Å². The molecule has 0 unspecified atom stereocenters. The van der Waals surface area contributed by atoms with Crippen molar-refractivity contribution in [3.63, 3.8) is 0 Å². The molecule has 0 spiro atoms. The highest BCUT2D eigenvalue weighted by molar-refractivity contribution is 5.48. The number of anilines is 1. The van der Waals surface area contributed by atoms with Crippen molar-refractivity contribution in [3.8, 4) is 0 Å². The van der Waals surface area contributed by atoms with E-state index in [4.69, 9.17) is 0 Å². The molecule has 94 valence electrons. The Kier molecular flexibility index (Phi) is 4.37.